The Hall–Kier alpha value is -0.120. The topological polar surface area (TPSA) is 27.7 Å². The first-order valence-corrected chi connectivity index (χ1v) is 6.09. The van der Waals surface area contributed by atoms with Crippen molar-refractivity contribution in [2.45, 2.75) is 52.4 Å². The van der Waals surface area contributed by atoms with Gasteiger partial charge < -0.3 is 14.2 Å². The van der Waals surface area contributed by atoms with Gasteiger partial charge in [0.25, 0.3) is 0 Å². The van der Waals surface area contributed by atoms with Gasteiger partial charge in [-0.25, -0.2) is 0 Å². The van der Waals surface area contributed by atoms with Crippen LogP contribution in [-0.4, -0.2) is 38.1 Å². The van der Waals surface area contributed by atoms with Crippen molar-refractivity contribution in [1.29, 1.82) is 0 Å². The lowest BCUT2D eigenvalue weighted by Gasteiger charge is -2.26. The first kappa shape index (κ1) is 12.9. The van der Waals surface area contributed by atoms with Gasteiger partial charge in [-0.3, -0.25) is 0 Å². The molecule has 90 valence electrons. The molecule has 0 saturated carbocycles. The van der Waals surface area contributed by atoms with Crippen LogP contribution < -0.4 is 0 Å². The van der Waals surface area contributed by atoms with Crippen molar-refractivity contribution in [2.24, 2.45) is 5.92 Å². The smallest absolute Gasteiger partial charge is 0.112 e. The molecule has 0 spiro atoms. The highest BCUT2D eigenvalue weighted by atomic mass is 16.6. The molecule has 1 rings (SSSR count). The Balaban J connectivity index is 2.57. The Morgan fingerprint density at radius 1 is 1.20 bits per heavy atom. The molecule has 3 unspecified atom stereocenters. The summed E-state index contributed by atoms with van der Waals surface area (Å²) < 4.78 is 17.2. The summed E-state index contributed by atoms with van der Waals surface area (Å²) in [6.45, 7) is 10.6. The Bertz CT molecular complexity index is 172. The monoisotopic (exact) mass is 216 g/mol. The molecule has 0 aromatic heterocycles. The van der Waals surface area contributed by atoms with E-state index in [4.69, 9.17) is 14.2 Å². The molecule has 4 atom stereocenters. The van der Waals surface area contributed by atoms with E-state index in [1.54, 1.807) is 0 Å². The van der Waals surface area contributed by atoms with Gasteiger partial charge in [-0.1, -0.05) is 20.3 Å². The predicted molar refractivity (Wildman–Crippen MR) is 60.0 cm³/mol. The average Bonchev–Trinajstić information content (AvgIpc) is 2.62. The van der Waals surface area contributed by atoms with Crippen molar-refractivity contribution >= 4 is 0 Å². The highest BCUT2D eigenvalue weighted by Crippen LogP contribution is 2.27. The quantitative estimate of drug-likeness (QED) is 0.681. The first-order valence-electron chi connectivity index (χ1n) is 6.09. The Kier molecular flexibility index (Phi) is 5.58. The van der Waals surface area contributed by atoms with Crippen molar-refractivity contribution in [3.05, 3.63) is 0 Å². The van der Waals surface area contributed by atoms with E-state index in [1.807, 2.05) is 13.8 Å². The summed E-state index contributed by atoms with van der Waals surface area (Å²) >= 11 is 0. The molecule has 1 saturated heterocycles. The summed E-state index contributed by atoms with van der Waals surface area (Å²) in [4.78, 5) is 0. The zero-order chi connectivity index (χ0) is 11.3. The Morgan fingerprint density at radius 2 is 1.87 bits per heavy atom. The van der Waals surface area contributed by atoms with Crippen molar-refractivity contribution in [3.63, 3.8) is 0 Å². The molecule has 3 heteroatoms. The molecule has 1 fully saturated rings. The molecule has 0 amide bonds. The average molecular weight is 216 g/mol. The fourth-order valence-corrected chi connectivity index (χ4v) is 2.08. The largest absolute Gasteiger partial charge is 0.373 e. The van der Waals surface area contributed by atoms with E-state index in [9.17, 15) is 0 Å². The molecule has 1 heterocycles. The van der Waals surface area contributed by atoms with Gasteiger partial charge in [0.1, 0.15) is 12.2 Å². The summed E-state index contributed by atoms with van der Waals surface area (Å²) in [5.41, 5.74) is 0. The van der Waals surface area contributed by atoms with Crippen LogP contribution in [0.1, 0.15) is 34.1 Å². The lowest BCUT2D eigenvalue weighted by Crippen LogP contribution is -2.38. The molecule has 0 N–H and O–H groups in total. The molecule has 0 aromatic rings. The summed E-state index contributed by atoms with van der Waals surface area (Å²) in [6.07, 6.45) is 1.55. The molecular weight excluding hydrogens is 192 g/mol. The predicted octanol–water partition coefficient (Wildman–Crippen LogP) is 2.24. The molecular formula is C12H24O3. The van der Waals surface area contributed by atoms with Crippen LogP contribution in [0.2, 0.25) is 0 Å². The minimum Gasteiger partial charge on any atom is -0.373 e. The molecule has 0 aromatic carbocycles. The number of ether oxygens (including phenoxy) is 3. The maximum Gasteiger partial charge on any atom is 0.112 e. The molecule has 1 aliphatic heterocycles. The van der Waals surface area contributed by atoms with E-state index in [-0.39, 0.29) is 18.3 Å². The number of hydrogen-bond donors (Lipinski definition) is 0. The Morgan fingerprint density at radius 3 is 2.40 bits per heavy atom. The third-order valence-corrected chi connectivity index (χ3v) is 3.09. The minimum atomic E-state index is 0.116. The maximum absolute atomic E-state index is 5.79. The van der Waals surface area contributed by atoms with Gasteiger partial charge in [-0.15, -0.1) is 0 Å². The van der Waals surface area contributed by atoms with Crippen molar-refractivity contribution in [2.75, 3.05) is 19.8 Å². The van der Waals surface area contributed by atoms with E-state index >= 15 is 0 Å². The molecule has 0 bridgehead atoms. The number of rotatable bonds is 6. The molecule has 0 radical (unpaired) electrons. The molecule has 3 nitrogen and oxygen atoms in total. The second-order valence-corrected chi connectivity index (χ2v) is 4.10. The highest BCUT2D eigenvalue weighted by Gasteiger charge is 2.40. The van der Waals surface area contributed by atoms with Crippen LogP contribution in [0.15, 0.2) is 0 Å². The van der Waals surface area contributed by atoms with Gasteiger partial charge in [-0.2, -0.15) is 0 Å². The normalized spacial score (nSPS) is 33.2. The Labute approximate surface area is 93.1 Å². The van der Waals surface area contributed by atoms with Gasteiger partial charge in [0, 0.05) is 13.2 Å². The van der Waals surface area contributed by atoms with E-state index in [1.165, 1.54) is 0 Å². The SMILES string of the molecule is CCOC1COC(C(C)CC)[C@H]1OCC. The van der Waals surface area contributed by atoms with E-state index in [2.05, 4.69) is 13.8 Å². The van der Waals surface area contributed by atoms with E-state index in [0.29, 0.717) is 12.5 Å². The molecule has 1 aliphatic rings. The molecule has 15 heavy (non-hydrogen) atoms. The summed E-state index contributed by atoms with van der Waals surface area (Å²) in [6, 6.07) is 0. The van der Waals surface area contributed by atoms with Gasteiger partial charge in [0.05, 0.1) is 12.7 Å². The van der Waals surface area contributed by atoms with Crippen LogP contribution >= 0.6 is 0 Å². The third kappa shape index (κ3) is 3.16. The molecule has 0 aliphatic carbocycles. The van der Waals surface area contributed by atoms with Gasteiger partial charge in [0.15, 0.2) is 0 Å². The zero-order valence-electron chi connectivity index (χ0n) is 10.4. The van der Waals surface area contributed by atoms with Crippen LogP contribution in [-0.2, 0) is 14.2 Å². The van der Waals surface area contributed by atoms with Crippen LogP contribution in [0.5, 0.6) is 0 Å². The summed E-state index contributed by atoms with van der Waals surface area (Å²) in [7, 11) is 0. The van der Waals surface area contributed by atoms with Gasteiger partial charge >= 0.3 is 0 Å². The van der Waals surface area contributed by atoms with Crippen molar-refractivity contribution < 1.29 is 14.2 Å². The van der Waals surface area contributed by atoms with Crippen molar-refractivity contribution in [1.82, 2.24) is 0 Å². The fraction of sp³-hybridized carbons (Fsp3) is 1.00. The van der Waals surface area contributed by atoms with Crippen LogP contribution in [0.4, 0.5) is 0 Å². The highest BCUT2D eigenvalue weighted by molar-refractivity contribution is 4.88. The van der Waals surface area contributed by atoms with Crippen LogP contribution in [0, 0.1) is 5.92 Å². The van der Waals surface area contributed by atoms with Gasteiger partial charge in [-0.05, 0) is 19.8 Å². The summed E-state index contributed by atoms with van der Waals surface area (Å²) in [5, 5.41) is 0. The second-order valence-electron chi connectivity index (χ2n) is 4.10. The van der Waals surface area contributed by atoms with Crippen LogP contribution in [0.3, 0.4) is 0 Å². The standard InChI is InChI=1S/C12H24O3/c1-5-9(4)11-12(14-7-3)10(8-15-11)13-6-2/h9-12H,5-8H2,1-4H3/t9?,10?,11?,12-/m0/s1. The fourth-order valence-electron chi connectivity index (χ4n) is 2.08. The first-order chi connectivity index (χ1) is 7.24. The van der Waals surface area contributed by atoms with Gasteiger partial charge in [0.2, 0.25) is 0 Å². The van der Waals surface area contributed by atoms with E-state index < -0.39 is 0 Å². The zero-order valence-corrected chi connectivity index (χ0v) is 10.4. The van der Waals surface area contributed by atoms with Crippen LogP contribution in [0.25, 0.3) is 0 Å². The maximum atomic E-state index is 5.79. The summed E-state index contributed by atoms with van der Waals surface area (Å²) in [5.74, 6) is 0.534. The lowest BCUT2D eigenvalue weighted by atomic mass is 9.96. The minimum absolute atomic E-state index is 0.116. The lowest BCUT2D eigenvalue weighted by molar-refractivity contribution is -0.0660. The number of hydrogen-bond acceptors (Lipinski definition) is 3. The van der Waals surface area contributed by atoms with E-state index in [0.717, 1.165) is 19.6 Å². The van der Waals surface area contributed by atoms with Crippen molar-refractivity contribution in [3.8, 4) is 0 Å². The second kappa shape index (κ2) is 6.46. The third-order valence-electron chi connectivity index (χ3n) is 3.09.